The van der Waals surface area contributed by atoms with Crippen LogP contribution in [0.1, 0.15) is 39.5 Å². The number of urea groups is 1. The van der Waals surface area contributed by atoms with Gasteiger partial charge in [0.1, 0.15) is 0 Å². The lowest BCUT2D eigenvalue weighted by Gasteiger charge is -2.31. The fraction of sp³-hybridized carbons (Fsp3) is 0.769. The van der Waals surface area contributed by atoms with E-state index in [1.807, 2.05) is 13.8 Å². The van der Waals surface area contributed by atoms with Crippen molar-refractivity contribution in [3.8, 4) is 0 Å². The number of imide groups is 1. The fourth-order valence-corrected chi connectivity index (χ4v) is 2.20. The first-order valence-corrected chi connectivity index (χ1v) is 7.07. The van der Waals surface area contributed by atoms with Gasteiger partial charge in [-0.2, -0.15) is 0 Å². The van der Waals surface area contributed by atoms with Crippen molar-refractivity contribution in [1.29, 1.82) is 0 Å². The molecule has 0 bridgehead atoms. The summed E-state index contributed by atoms with van der Waals surface area (Å²) in [5.41, 5.74) is 5.37. The van der Waals surface area contributed by atoms with Crippen molar-refractivity contribution in [3.63, 3.8) is 0 Å². The van der Waals surface area contributed by atoms with Gasteiger partial charge in [-0.15, -0.1) is 12.4 Å². The number of carbonyl (C=O) groups is 3. The average molecular weight is 321 g/mol. The van der Waals surface area contributed by atoms with Crippen molar-refractivity contribution in [2.45, 2.75) is 45.1 Å². The number of nitrogens with one attached hydrogen (secondary N) is 2. The van der Waals surface area contributed by atoms with Gasteiger partial charge in [-0.25, -0.2) is 4.79 Å². The highest BCUT2D eigenvalue weighted by Crippen LogP contribution is 2.13. The van der Waals surface area contributed by atoms with Crippen LogP contribution in [0.15, 0.2) is 0 Å². The number of nitrogens with two attached hydrogens (primary N) is 1. The molecule has 1 fully saturated rings. The normalized spacial score (nSPS) is 14.7. The van der Waals surface area contributed by atoms with E-state index in [1.165, 1.54) is 0 Å². The number of rotatable bonds is 8. The molecular weight excluding hydrogens is 296 g/mol. The number of hydrogen-bond donors (Lipinski definition) is 3. The van der Waals surface area contributed by atoms with E-state index in [2.05, 4.69) is 10.6 Å². The Morgan fingerprint density at radius 2 is 2.00 bits per heavy atom. The van der Waals surface area contributed by atoms with Gasteiger partial charge >= 0.3 is 6.03 Å². The van der Waals surface area contributed by atoms with Crippen molar-refractivity contribution in [2.75, 3.05) is 19.6 Å². The average Bonchev–Trinajstić information content (AvgIpc) is 2.76. The van der Waals surface area contributed by atoms with Gasteiger partial charge in [0.15, 0.2) is 0 Å². The zero-order chi connectivity index (χ0) is 15.2. The number of carbonyl (C=O) groups excluding carboxylic acids is 3. The second-order valence-electron chi connectivity index (χ2n) is 5.05. The Labute approximate surface area is 131 Å². The molecule has 0 saturated carbocycles. The predicted molar refractivity (Wildman–Crippen MR) is 82.1 cm³/mol. The lowest BCUT2D eigenvalue weighted by Crippen LogP contribution is -2.52. The minimum absolute atomic E-state index is 0. The van der Waals surface area contributed by atoms with E-state index in [-0.39, 0.29) is 55.3 Å². The van der Waals surface area contributed by atoms with E-state index in [9.17, 15) is 14.4 Å². The molecule has 0 radical (unpaired) electrons. The molecule has 4 amide bonds. The lowest BCUT2D eigenvalue weighted by atomic mass is 9.92. The van der Waals surface area contributed by atoms with Crippen LogP contribution in [-0.4, -0.2) is 47.9 Å². The Bertz CT molecular complexity index is 361. The molecule has 8 heteroatoms. The minimum Gasteiger partial charge on any atom is -0.349 e. The Morgan fingerprint density at radius 1 is 1.38 bits per heavy atom. The monoisotopic (exact) mass is 320 g/mol. The molecule has 1 saturated heterocycles. The Morgan fingerprint density at radius 3 is 2.43 bits per heavy atom. The molecule has 1 heterocycles. The molecule has 1 aliphatic heterocycles. The van der Waals surface area contributed by atoms with E-state index in [0.717, 1.165) is 17.7 Å². The lowest BCUT2D eigenvalue weighted by molar-refractivity contribution is -0.126. The Balaban J connectivity index is 0.00000400. The zero-order valence-electron chi connectivity index (χ0n) is 12.6. The van der Waals surface area contributed by atoms with Gasteiger partial charge in [0.05, 0.1) is 12.1 Å². The molecule has 0 aromatic carbocycles. The predicted octanol–water partition coefficient (Wildman–Crippen LogP) is 0.374. The van der Waals surface area contributed by atoms with E-state index in [0.29, 0.717) is 13.0 Å². The van der Waals surface area contributed by atoms with Crippen LogP contribution >= 0.6 is 12.4 Å². The summed E-state index contributed by atoms with van der Waals surface area (Å²) >= 11 is 0. The van der Waals surface area contributed by atoms with Gasteiger partial charge in [-0.3, -0.25) is 14.5 Å². The first-order valence-electron chi connectivity index (χ1n) is 7.07. The fourth-order valence-electron chi connectivity index (χ4n) is 2.20. The third-order valence-electron chi connectivity index (χ3n) is 3.87. The summed E-state index contributed by atoms with van der Waals surface area (Å²) < 4.78 is 0. The highest BCUT2D eigenvalue weighted by atomic mass is 35.5. The highest BCUT2D eigenvalue weighted by Gasteiger charge is 2.29. The molecule has 1 rings (SSSR count). The molecule has 0 spiro atoms. The summed E-state index contributed by atoms with van der Waals surface area (Å²) in [4.78, 5) is 35.7. The van der Waals surface area contributed by atoms with Gasteiger partial charge in [0.25, 0.3) is 0 Å². The molecule has 4 N–H and O–H groups in total. The minimum atomic E-state index is -0.381. The highest BCUT2D eigenvalue weighted by molar-refractivity contribution is 6.01. The molecule has 1 aliphatic rings. The van der Waals surface area contributed by atoms with Crippen molar-refractivity contribution in [2.24, 2.45) is 5.73 Å². The number of nitrogens with zero attached hydrogens (tertiary/aromatic N) is 1. The van der Waals surface area contributed by atoms with E-state index in [1.54, 1.807) is 0 Å². The van der Waals surface area contributed by atoms with Crippen LogP contribution in [0, 0.1) is 0 Å². The number of hydrogen-bond acceptors (Lipinski definition) is 4. The first-order chi connectivity index (χ1) is 9.48. The van der Waals surface area contributed by atoms with Crippen molar-refractivity contribution >= 4 is 30.3 Å². The van der Waals surface area contributed by atoms with Gasteiger partial charge < -0.3 is 16.4 Å². The molecule has 122 valence electrons. The summed E-state index contributed by atoms with van der Waals surface area (Å²) in [7, 11) is 0. The molecular formula is C13H25ClN4O3. The molecule has 0 aromatic heterocycles. The maximum atomic E-state index is 11.9. The zero-order valence-corrected chi connectivity index (χ0v) is 13.4. The molecule has 0 unspecified atom stereocenters. The summed E-state index contributed by atoms with van der Waals surface area (Å²) in [6, 6.07) is -0.381. The molecule has 7 nitrogen and oxygen atoms in total. The largest absolute Gasteiger partial charge is 0.349 e. The second-order valence-corrected chi connectivity index (χ2v) is 5.05. The summed E-state index contributed by atoms with van der Waals surface area (Å²) in [5.74, 6) is -0.333. The van der Waals surface area contributed by atoms with Gasteiger partial charge in [-0.1, -0.05) is 13.8 Å². The molecule has 21 heavy (non-hydrogen) atoms. The molecule has 0 atom stereocenters. The van der Waals surface area contributed by atoms with Crippen molar-refractivity contribution in [1.82, 2.24) is 15.5 Å². The third-order valence-corrected chi connectivity index (χ3v) is 3.87. The SMILES string of the molecule is CCC(CC)(CN)NC(=O)CCCN1C(=O)CNC1=O.Cl. The maximum absolute atomic E-state index is 11.9. The van der Waals surface area contributed by atoms with Gasteiger partial charge in [0, 0.05) is 19.5 Å². The Kier molecular flexibility index (Phi) is 8.27. The number of halogens is 1. The first kappa shape index (κ1) is 19.7. The summed E-state index contributed by atoms with van der Waals surface area (Å²) in [6.07, 6.45) is 2.29. The molecule has 0 aliphatic carbocycles. The quantitative estimate of drug-likeness (QED) is 0.562. The van der Waals surface area contributed by atoms with Gasteiger partial charge in [0.2, 0.25) is 11.8 Å². The van der Waals surface area contributed by atoms with Crippen molar-refractivity contribution in [3.05, 3.63) is 0 Å². The van der Waals surface area contributed by atoms with Crippen LogP contribution in [0.2, 0.25) is 0 Å². The van der Waals surface area contributed by atoms with E-state index >= 15 is 0 Å². The van der Waals surface area contributed by atoms with Crippen LogP contribution in [0.5, 0.6) is 0 Å². The van der Waals surface area contributed by atoms with Gasteiger partial charge in [-0.05, 0) is 19.3 Å². The smallest absolute Gasteiger partial charge is 0.324 e. The van der Waals surface area contributed by atoms with Crippen LogP contribution in [0.25, 0.3) is 0 Å². The Hall–Kier alpha value is -1.34. The number of amides is 4. The van der Waals surface area contributed by atoms with Crippen LogP contribution in [0.3, 0.4) is 0 Å². The van der Waals surface area contributed by atoms with Crippen molar-refractivity contribution < 1.29 is 14.4 Å². The standard InChI is InChI=1S/C13H24N4O3.ClH/c1-3-13(4-2,9-14)16-10(18)6-5-7-17-11(19)8-15-12(17)20;/h3-9,14H2,1-2H3,(H,15,20)(H,16,18);1H. The maximum Gasteiger partial charge on any atom is 0.324 e. The molecule has 0 aromatic rings. The van der Waals surface area contributed by atoms with E-state index in [4.69, 9.17) is 5.73 Å². The van der Waals surface area contributed by atoms with Crippen LogP contribution < -0.4 is 16.4 Å². The third kappa shape index (κ3) is 5.17. The summed E-state index contributed by atoms with van der Waals surface area (Å²) in [6.45, 7) is 4.70. The topological polar surface area (TPSA) is 105 Å². The second kappa shape index (κ2) is 8.84. The summed E-state index contributed by atoms with van der Waals surface area (Å²) in [5, 5.41) is 5.40. The van der Waals surface area contributed by atoms with Crippen LogP contribution in [-0.2, 0) is 9.59 Å². The van der Waals surface area contributed by atoms with E-state index < -0.39 is 0 Å². The van der Waals surface area contributed by atoms with Crippen LogP contribution in [0.4, 0.5) is 4.79 Å².